The van der Waals surface area contributed by atoms with Gasteiger partial charge in [0, 0.05) is 51.4 Å². The van der Waals surface area contributed by atoms with E-state index in [-0.39, 0.29) is 0 Å². The monoisotopic (exact) mass is 392 g/mol. The minimum atomic E-state index is 0.715. The van der Waals surface area contributed by atoms with Gasteiger partial charge in [-0.2, -0.15) is 0 Å². The van der Waals surface area contributed by atoms with Crippen LogP contribution in [-0.2, 0) is 11.3 Å². The molecule has 0 amide bonds. The molecule has 0 radical (unpaired) electrons. The highest BCUT2D eigenvalue weighted by atomic mass is 16.5. The first kappa shape index (κ1) is 22.3. The van der Waals surface area contributed by atoms with Gasteiger partial charge in [-0.3, -0.25) is 9.89 Å². The van der Waals surface area contributed by atoms with Gasteiger partial charge in [0.15, 0.2) is 5.96 Å². The molecule has 0 spiro atoms. The van der Waals surface area contributed by atoms with Crippen molar-refractivity contribution in [3.05, 3.63) is 23.8 Å². The third-order valence-electron chi connectivity index (χ3n) is 4.85. The SMILES string of the molecule is CCNC(=NCCCCN1CCOCC1)N(C)Cc1ccc(OC)cc1OC. The summed E-state index contributed by atoms with van der Waals surface area (Å²) in [5.41, 5.74) is 1.10. The molecule has 0 unspecified atom stereocenters. The molecule has 1 heterocycles. The lowest BCUT2D eigenvalue weighted by Gasteiger charge is -2.26. The van der Waals surface area contributed by atoms with E-state index in [1.54, 1.807) is 14.2 Å². The van der Waals surface area contributed by atoms with Crippen LogP contribution in [0.3, 0.4) is 0 Å². The lowest BCUT2D eigenvalue weighted by atomic mass is 10.2. The Bertz CT molecular complexity index is 603. The quantitative estimate of drug-likeness (QED) is 0.374. The second-order valence-electron chi connectivity index (χ2n) is 6.93. The molecule has 1 aromatic carbocycles. The Morgan fingerprint density at radius 1 is 1.21 bits per heavy atom. The summed E-state index contributed by atoms with van der Waals surface area (Å²) in [6, 6.07) is 5.92. The number of aliphatic imine (C=N–C) groups is 1. The maximum Gasteiger partial charge on any atom is 0.193 e. The molecule has 1 saturated heterocycles. The van der Waals surface area contributed by atoms with E-state index in [2.05, 4.69) is 29.1 Å². The topological polar surface area (TPSA) is 58.6 Å². The number of nitrogens with zero attached hydrogens (tertiary/aromatic N) is 3. The molecule has 0 aromatic heterocycles. The minimum Gasteiger partial charge on any atom is -0.497 e. The molecule has 7 nitrogen and oxygen atoms in total. The van der Waals surface area contributed by atoms with Gasteiger partial charge >= 0.3 is 0 Å². The second kappa shape index (κ2) is 12.5. The van der Waals surface area contributed by atoms with E-state index in [0.717, 1.165) is 75.4 Å². The van der Waals surface area contributed by atoms with Gasteiger partial charge < -0.3 is 24.4 Å². The minimum absolute atomic E-state index is 0.715. The zero-order valence-corrected chi connectivity index (χ0v) is 17.9. The van der Waals surface area contributed by atoms with Gasteiger partial charge in [0.05, 0.1) is 27.4 Å². The highest BCUT2D eigenvalue weighted by molar-refractivity contribution is 5.79. The molecule has 1 aliphatic rings. The summed E-state index contributed by atoms with van der Waals surface area (Å²) in [6.07, 6.45) is 2.25. The number of methoxy groups -OCH3 is 2. The summed E-state index contributed by atoms with van der Waals surface area (Å²) in [6.45, 7) is 9.45. The number of nitrogens with one attached hydrogen (secondary N) is 1. The first-order valence-electron chi connectivity index (χ1n) is 10.2. The van der Waals surface area contributed by atoms with E-state index in [1.807, 2.05) is 18.2 Å². The number of guanidine groups is 1. The van der Waals surface area contributed by atoms with Crippen LogP contribution in [0.1, 0.15) is 25.3 Å². The fourth-order valence-electron chi connectivity index (χ4n) is 3.24. The lowest BCUT2D eigenvalue weighted by Crippen LogP contribution is -2.38. The Hall–Kier alpha value is -1.99. The molecule has 1 aliphatic heterocycles. The van der Waals surface area contributed by atoms with Crippen LogP contribution >= 0.6 is 0 Å². The zero-order chi connectivity index (χ0) is 20.2. The van der Waals surface area contributed by atoms with E-state index in [4.69, 9.17) is 19.2 Å². The van der Waals surface area contributed by atoms with Gasteiger partial charge in [0.25, 0.3) is 0 Å². The van der Waals surface area contributed by atoms with E-state index >= 15 is 0 Å². The number of ether oxygens (including phenoxy) is 3. The van der Waals surface area contributed by atoms with Crippen molar-refractivity contribution in [2.24, 2.45) is 4.99 Å². The fraction of sp³-hybridized carbons (Fsp3) is 0.667. The average Bonchev–Trinajstić information content (AvgIpc) is 2.73. The predicted octanol–water partition coefficient (Wildman–Crippen LogP) is 2.21. The highest BCUT2D eigenvalue weighted by Crippen LogP contribution is 2.25. The van der Waals surface area contributed by atoms with Crippen molar-refractivity contribution >= 4 is 5.96 Å². The summed E-state index contributed by atoms with van der Waals surface area (Å²) < 4.78 is 16.2. The van der Waals surface area contributed by atoms with Crippen LogP contribution in [0.5, 0.6) is 11.5 Å². The maximum atomic E-state index is 5.52. The van der Waals surface area contributed by atoms with Crippen LogP contribution < -0.4 is 14.8 Å². The summed E-state index contributed by atoms with van der Waals surface area (Å²) in [5.74, 6) is 2.54. The molecule has 158 valence electrons. The van der Waals surface area contributed by atoms with Crippen molar-refractivity contribution in [1.82, 2.24) is 15.1 Å². The van der Waals surface area contributed by atoms with E-state index in [0.29, 0.717) is 6.54 Å². The maximum absolute atomic E-state index is 5.52. The molecule has 1 N–H and O–H groups in total. The van der Waals surface area contributed by atoms with Gasteiger partial charge in [-0.15, -0.1) is 0 Å². The summed E-state index contributed by atoms with van der Waals surface area (Å²) in [7, 11) is 5.40. The van der Waals surface area contributed by atoms with Gasteiger partial charge in [-0.25, -0.2) is 0 Å². The van der Waals surface area contributed by atoms with Gasteiger partial charge in [0.2, 0.25) is 0 Å². The lowest BCUT2D eigenvalue weighted by molar-refractivity contribution is 0.0373. The van der Waals surface area contributed by atoms with E-state index < -0.39 is 0 Å². The third kappa shape index (κ3) is 7.20. The summed E-state index contributed by atoms with van der Waals surface area (Å²) in [4.78, 5) is 9.41. The average molecular weight is 393 g/mol. The molecule has 2 rings (SSSR count). The fourth-order valence-corrected chi connectivity index (χ4v) is 3.24. The first-order chi connectivity index (χ1) is 13.7. The Morgan fingerprint density at radius 3 is 2.68 bits per heavy atom. The molecule has 1 aromatic rings. The van der Waals surface area contributed by atoms with Gasteiger partial charge in [-0.1, -0.05) is 0 Å². The van der Waals surface area contributed by atoms with Crippen LogP contribution in [0.25, 0.3) is 0 Å². The Kier molecular flexibility index (Phi) is 9.93. The number of morpholine rings is 1. The Labute approximate surface area is 169 Å². The van der Waals surface area contributed by atoms with Crippen molar-refractivity contribution in [3.63, 3.8) is 0 Å². The number of benzene rings is 1. The molecule has 0 saturated carbocycles. The highest BCUT2D eigenvalue weighted by Gasteiger charge is 2.12. The number of rotatable bonds is 10. The number of unbranched alkanes of at least 4 members (excludes halogenated alkanes) is 1. The normalized spacial score (nSPS) is 15.4. The Morgan fingerprint density at radius 2 is 2.00 bits per heavy atom. The van der Waals surface area contributed by atoms with Crippen LogP contribution in [0.2, 0.25) is 0 Å². The van der Waals surface area contributed by atoms with Crippen molar-refractivity contribution in [2.45, 2.75) is 26.3 Å². The van der Waals surface area contributed by atoms with Crippen LogP contribution in [0.4, 0.5) is 0 Å². The molecular formula is C21H36N4O3. The summed E-state index contributed by atoms with van der Waals surface area (Å²) in [5, 5.41) is 3.39. The molecule has 0 atom stereocenters. The van der Waals surface area contributed by atoms with E-state index in [9.17, 15) is 0 Å². The van der Waals surface area contributed by atoms with Crippen molar-refractivity contribution < 1.29 is 14.2 Å². The molecule has 28 heavy (non-hydrogen) atoms. The Balaban J connectivity index is 1.86. The van der Waals surface area contributed by atoms with Crippen molar-refractivity contribution in [1.29, 1.82) is 0 Å². The van der Waals surface area contributed by atoms with Crippen molar-refractivity contribution in [3.8, 4) is 11.5 Å². The van der Waals surface area contributed by atoms with Crippen molar-refractivity contribution in [2.75, 3.05) is 67.2 Å². The molecular weight excluding hydrogens is 356 g/mol. The first-order valence-corrected chi connectivity index (χ1v) is 10.2. The van der Waals surface area contributed by atoms with Gasteiger partial charge in [-0.05, 0) is 38.4 Å². The molecule has 1 fully saturated rings. The zero-order valence-electron chi connectivity index (χ0n) is 17.9. The van der Waals surface area contributed by atoms with Crippen LogP contribution in [-0.4, -0.2) is 83.0 Å². The third-order valence-corrected chi connectivity index (χ3v) is 4.85. The van der Waals surface area contributed by atoms with Crippen LogP contribution in [0, 0.1) is 0 Å². The number of hydrogen-bond donors (Lipinski definition) is 1. The molecule has 7 heteroatoms. The summed E-state index contributed by atoms with van der Waals surface area (Å²) >= 11 is 0. The van der Waals surface area contributed by atoms with E-state index in [1.165, 1.54) is 6.42 Å². The largest absolute Gasteiger partial charge is 0.497 e. The molecule has 0 aliphatic carbocycles. The molecule has 0 bridgehead atoms. The number of hydrogen-bond acceptors (Lipinski definition) is 5. The second-order valence-corrected chi connectivity index (χ2v) is 6.93. The standard InChI is InChI=1S/C21H36N4O3/c1-5-22-21(23-10-6-7-11-25-12-14-28-15-13-25)24(2)17-18-8-9-19(26-3)16-20(18)27-4/h8-9,16H,5-7,10-15,17H2,1-4H3,(H,22,23). The van der Waals surface area contributed by atoms with Crippen LogP contribution in [0.15, 0.2) is 23.2 Å². The smallest absolute Gasteiger partial charge is 0.193 e. The van der Waals surface area contributed by atoms with Gasteiger partial charge in [0.1, 0.15) is 11.5 Å². The predicted molar refractivity (Wildman–Crippen MR) is 113 cm³/mol.